The number of rotatable bonds is 7. The summed E-state index contributed by atoms with van der Waals surface area (Å²) in [6.45, 7) is 9.44. The SMILES string of the molecule is CCCNCCS(=O)(=O)N1CCCC(C(C)C)CC1. The van der Waals surface area contributed by atoms with Gasteiger partial charge in [-0.05, 0) is 44.1 Å². The third kappa shape index (κ3) is 5.79. The summed E-state index contributed by atoms with van der Waals surface area (Å²) in [7, 11) is -3.07. The monoisotopic (exact) mass is 290 g/mol. The van der Waals surface area contributed by atoms with Crippen LogP contribution in [0.25, 0.3) is 0 Å². The number of nitrogens with zero attached hydrogens (tertiary/aromatic N) is 1. The molecule has 1 saturated heterocycles. The van der Waals surface area contributed by atoms with Gasteiger partial charge in [0.25, 0.3) is 0 Å². The fourth-order valence-electron chi connectivity index (χ4n) is 2.67. The molecule has 114 valence electrons. The number of nitrogens with one attached hydrogen (secondary N) is 1. The highest BCUT2D eigenvalue weighted by molar-refractivity contribution is 7.89. The van der Waals surface area contributed by atoms with E-state index in [0.29, 0.717) is 31.5 Å². The largest absolute Gasteiger partial charge is 0.316 e. The summed E-state index contributed by atoms with van der Waals surface area (Å²) < 4.78 is 26.2. The average Bonchev–Trinajstić information content (AvgIpc) is 2.61. The molecular weight excluding hydrogens is 260 g/mol. The normalized spacial score (nSPS) is 22.6. The van der Waals surface area contributed by atoms with E-state index in [2.05, 4.69) is 26.1 Å². The zero-order valence-electron chi connectivity index (χ0n) is 12.7. The maximum atomic E-state index is 12.3. The second-order valence-corrected chi connectivity index (χ2v) is 7.99. The molecule has 0 aromatic carbocycles. The van der Waals surface area contributed by atoms with Crippen LogP contribution in [0.2, 0.25) is 0 Å². The maximum Gasteiger partial charge on any atom is 0.215 e. The van der Waals surface area contributed by atoms with Crippen molar-refractivity contribution >= 4 is 10.0 Å². The Morgan fingerprint density at radius 2 is 1.95 bits per heavy atom. The molecule has 1 heterocycles. The molecule has 0 aromatic rings. The van der Waals surface area contributed by atoms with Crippen LogP contribution in [0.5, 0.6) is 0 Å². The van der Waals surface area contributed by atoms with Crippen LogP contribution in [0.15, 0.2) is 0 Å². The topological polar surface area (TPSA) is 49.4 Å². The molecule has 1 aliphatic rings. The second kappa shape index (κ2) is 8.22. The van der Waals surface area contributed by atoms with Gasteiger partial charge in [-0.15, -0.1) is 0 Å². The van der Waals surface area contributed by atoms with Gasteiger partial charge in [-0.25, -0.2) is 12.7 Å². The van der Waals surface area contributed by atoms with Crippen LogP contribution in [-0.2, 0) is 10.0 Å². The Morgan fingerprint density at radius 3 is 2.58 bits per heavy atom. The Balaban J connectivity index is 2.45. The van der Waals surface area contributed by atoms with Gasteiger partial charge in [0.2, 0.25) is 10.0 Å². The van der Waals surface area contributed by atoms with E-state index in [0.717, 1.165) is 32.2 Å². The zero-order valence-corrected chi connectivity index (χ0v) is 13.5. The molecule has 1 aliphatic heterocycles. The molecule has 0 aromatic heterocycles. The molecule has 19 heavy (non-hydrogen) atoms. The summed E-state index contributed by atoms with van der Waals surface area (Å²) in [5, 5.41) is 3.17. The molecule has 1 unspecified atom stereocenters. The zero-order chi connectivity index (χ0) is 14.3. The van der Waals surface area contributed by atoms with E-state index in [1.54, 1.807) is 4.31 Å². The molecular formula is C14H30N2O2S. The Bertz CT molecular complexity index is 341. The van der Waals surface area contributed by atoms with Gasteiger partial charge in [-0.2, -0.15) is 0 Å². The molecule has 0 spiro atoms. The van der Waals surface area contributed by atoms with E-state index in [9.17, 15) is 8.42 Å². The number of hydrogen-bond donors (Lipinski definition) is 1. The number of hydrogen-bond acceptors (Lipinski definition) is 3. The van der Waals surface area contributed by atoms with Gasteiger partial charge in [0.15, 0.2) is 0 Å². The van der Waals surface area contributed by atoms with Crippen LogP contribution in [-0.4, -0.2) is 44.7 Å². The minimum atomic E-state index is -3.07. The Kier molecular flexibility index (Phi) is 7.32. The van der Waals surface area contributed by atoms with Crippen molar-refractivity contribution in [2.24, 2.45) is 11.8 Å². The van der Waals surface area contributed by atoms with Crippen molar-refractivity contribution in [1.29, 1.82) is 0 Å². The van der Waals surface area contributed by atoms with Crippen molar-refractivity contribution in [3.8, 4) is 0 Å². The first-order valence-electron chi connectivity index (χ1n) is 7.66. The fourth-order valence-corrected chi connectivity index (χ4v) is 4.12. The highest BCUT2D eigenvalue weighted by atomic mass is 32.2. The van der Waals surface area contributed by atoms with E-state index >= 15 is 0 Å². The standard InChI is InChI=1S/C14H30N2O2S/c1-4-8-15-9-12-19(17,18)16-10-5-6-14(7-11-16)13(2)3/h13-15H,4-12H2,1-3H3. The molecule has 0 bridgehead atoms. The molecule has 4 nitrogen and oxygen atoms in total. The van der Waals surface area contributed by atoms with Crippen LogP contribution < -0.4 is 5.32 Å². The van der Waals surface area contributed by atoms with E-state index in [1.807, 2.05) is 0 Å². The van der Waals surface area contributed by atoms with Crippen molar-refractivity contribution < 1.29 is 8.42 Å². The van der Waals surface area contributed by atoms with Crippen LogP contribution >= 0.6 is 0 Å². The Morgan fingerprint density at radius 1 is 1.21 bits per heavy atom. The van der Waals surface area contributed by atoms with Gasteiger partial charge in [0, 0.05) is 19.6 Å². The first-order chi connectivity index (χ1) is 8.97. The summed E-state index contributed by atoms with van der Waals surface area (Å²) in [5.74, 6) is 1.58. The summed E-state index contributed by atoms with van der Waals surface area (Å²) in [4.78, 5) is 0. The predicted molar refractivity (Wildman–Crippen MR) is 80.7 cm³/mol. The molecule has 0 amide bonds. The van der Waals surface area contributed by atoms with Crippen LogP contribution in [0.4, 0.5) is 0 Å². The molecule has 5 heteroatoms. The summed E-state index contributed by atoms with van der Waals surface area (Å²) in [5.41, 5.74) is 0. The molecule has 1 N–H and O–H groups in total. The third-order valence-electron chi connectivity index (χ3n) is 4.03. The molecule has 1 rings (SSSR count). The lowest BCUT2D eigenvalue weighted by atomic mass is 9.89. The fraction of sp³-hybridized carbons (Fsp3) is 1.00. The molecule has 1 fully saturated rings. The summed E-state index contributed by atoms with van der Waals surface area (Å²) in [6, 6.07) is 0. The van der Waals surface area contributed by atoms with E-state index < -0.39 is 10.0 Å². The minimum Gasteiger partial charge on any atom is -0.316 e. The maximum absolute atomic E-state index is 12.3. The lowest BCUT2D eigenvalue weighted by Crippen LogP contribution is -2.37. The van der Waals surface area contributed by atoms with Crippen molar-refractivity contribution in [2.75, 3.05) is 31.9 Å². The Hall–Kier alpha value is -0.130. The average molecular weight is 290 g/mol. The van der Waals surface area contributed by atoms with Gasteiger partial charge in [-0.3, -0.25) is 0 Å². The summed E-state index contributed by atoms with van der Waals surface area (Å²) in [6.07, 6.45) is 4.22. The van der Waals surface area contributed by atoms with E-state index in [1.165, 1.54) is 0 Å². The second-order valence-electron chi connectivity index (χ2n) is 5.90. The number of sulfonamides is 1. The molecule has 0 saturated carbocycles. The van der Waals surface area contributed by atoms with Crippen molar-refractivity contribution in [3.63, 3.8) is 0 Å². The first kappa shape index (κ1) is 16.9. The van der Waals surface area contributed by atoms with Crippen molar-refractivity contribution in [2.45, 2.75) is 46.5 Å². The third-order valence-corrected chi connectivity index (χ3v) is 5.90. The van der Waals surface area contributed by atoms with Gasteiger partial charge in [-0.1, -0.05) is 20.8 Å². The van der Waals surface area contributed by atoms with Crippen LogP contribution in [0, 0.1) is 11.8 Å². The van der Waals surface area contributed by atoms with Crippen molar-refractivity contribution in [3.05, 3.63) is 0 Å². The highest BCUT2D eigenvalue weighted by Gasteiger charge is 2.26. The van der Waals surface area contributed by atoms with Gasteiger partial charge >= 0.3 is 0 Å². The first-order valence-corrected chi connectivity index (χ1v) is 9.26. The lowest BCUT2D eigenvalue weighted by molar-refractivity contribution is 0.340. The minimum absolute atomic E-state index is 0.235. The molecule has 0 radical (unpaired) electrons. The molecule has 1 atom stereocenters. The highest BCUT2D eigenvalue weighted by Crippen LogP contribution is 2.25. The van der Waals surface area contributed by atoms with Crippen LogP contribution in [0.1, 0.15) is 46.5 Å². The predicted octanol–water partition coefficient (Wildman–Crippen LogP) is 2.07. The van der Waals surface area contributed by atoms with Gasteiger partial charge in [0.05, 0.1) is 5.75 Å². The molecule has 0 aliphatic carbocycles. The van der Waals surface area contributed by atoms with Gasteiger partial charge < -0.3 is 5.32 Å². The lowest BCUT2D eigenvalue weighted by Gasteiger charge is -2.21. The Labute approximate surface area is 119 Å². The van der Waals surface area contributed by atoms with E-state index in [4.69, 9.17) is 0 Å². The van der Waals surface area contributed by atoms with Gasteiger partial charge in [0.1, 0.15) is 0 Å². The van der Waals surface area contributed by atoms with E-state index in [-0.39, 0.29) is 5.75 Å². The summed E-state index contributed by atoms with van der Waals surface area (Å²) >= 11 is 0. The smallest absolute Gasteiger partial charge is 0.215 e. The van der Waals surface area contributed by atoms with Crippen molar-refractivity contribution in [1.82, 2.24) is 9.62 Å². The van der Waals surface area contributed by atoms with Crippen LogP contribution in [0.3, 0.4) is 0 Å². The quantitative estimate of drug-likeness (QED) is 0.730.